The molecule has 0 radical (unpaired) electrons. The van der Waals surface area contributed by atoms with Crippen LogP contribution in [0.3, 0.4) is 0 Å². The smallest absolute Gasteiger partial charge is 0.332 e. The minimum absolute atomic E-state index is 0.177. The Morgan fingerprint density at radius 2 is 2.00 bits per heavy atom. The molecule has 2 heterocycles. The van der Waals surface area contributed by atoms with Crippen molar-refractivity contribution in [3.63, 3.8) is 0 Å². The van der Waals surface area contributed by atoms with Crippen molar-refractivity contribution in [1.29, 1.82) is 0 Å². The average Bonchev–Trinajstić information content (AvgIpc) is 3.50. The van der Waals surface area contributed by atoms with Gasteiger partial charge in [-0.15, -0.1) is 9.42 Å². The van der Waals surface area contributed by atoms with Gasteiger partial charge in [0, 0.05) is 29.6 Å². The normalized spacial score (nSPS) is 16.1. The second-order valence-electron chi connectivity index (χ2n) is 8.06. The Hall–Kier alpha value is -2.97. The van der Waals surface area contributed by atoms with E-state index in [0.29, 0.717) is 31.2 Å². The monoisotopic (exact) mass is 482 g/mol. The third-order valence-corrected chi connectivity index (χ3v) is 5.95. The molecule has 9 nitrogen and oxygen atoms in total. The maximum atomic E-state index is 10.5. The largest absolute Gasteiger partial charge is 0.694 e. The zero-order valence-electron chi connectivity index (χ0n) is 19.1. The number of hydrazone groups is 1. The van der Waals surface area contributed by atoms with Gasteiger partial charge in [-0.05, 0) is 30.5 Å². The summed E-state index contributed by atoms with van der Waals surface area (Å²) in [6, 6.07) is 18.5. The molecule has 0 aliphatic carbocycles. The van der Waals surface area contributed by atoms with Crippen molar-refractivity contribution in [3.8, 4) is 11.4 Å². The topological polar surface area (TPSA) is 113 Å². The van der Waals surface area contributed by atoms with E-state index < -0.39 is 8.25 Å². The van der Waals surface area contributed by atoms with Crippen LogP contribution in [0.2, 0.25) is 0 Å². The molecule has 4 rings (SSSR count). The lowest BCUT2D eigenvalue weighted by molar-refractivity contribution is 0.234. The molecule has 0 fully saturated rings. The second-order valence-corrected chi connectivity index (χ2v) is 8.80. The molecule has 178 valence electrons. The van der Waals surface area contributed by atoms with Gasteiger partial charge in [0.25, 0.3) is 5.89 Å². The Morgan fingerprint density at radius 3 is 2.74 bits per heavy atom. The van der Waals surface area contributed by atoms with Crippen molar-refractivity contribution >= 4 is 14.0 Å². The molecule has 1 aliphatic heterocycles. The first-order chi connectivity index (χ1) is 16.6. The van der Waals surface area contributed by atoms with Crippen LogP contribution in [0.1, 0.15) is 49.2 Å². The van der Waals surface area contributed by atoms with Crippen molar-refractivity contribution in [2.75, 3.05) is 19.7 Å². The lowest BCUT2D eigenvalue weighted by Crippen LogP contribution is -2.20. The summed E-state index contributed by atoms with van der Waals surface area (Å²) in [4.78, 5) is 13.2. The summed E-state index contributed by atoms with van der Waals surface area (Å²) in [6.07, 6.45) is 2.40. The van der Waals surface area contributed by atoms with Gasteiger partial charge in [-0.2, -0.15) is 10.1 Å². The van der Waals surface area contributed by atoms with E-state index in [9.17, 15) is 4.57 Å². The lowest BCUT2D eigenvalue weighted by Gasteiger charge is -2.23. The predicted molar refractivity (Wildman–Crippen MR) is 129 cm³/mol. The Bertz CT molecular complexity index is 1100. The molecule has 2 N–H and O–H groups in total. The zero-order chi connectivity index (χ0) is 23.8. The molecule has 0 saturated heterocycles. The molecule has 0 bridgehead atoms. The molecule has 0 amide bonds. The van der Waals surface area contributed by atoms with Crippen LogP contribution in [0.25, 0.3) is 11.4 Å². The number of rotatable bonds is 12. The Balaban J connectivity index is 1.35. The van der Waals surface area contributed by atoms with Crippen LogP contribution in [0.5, 0.6) is 0 Å². The number of nitrogens with one attached hydrogen (secondary N) is 1. The van der Waals surface area contributed by atoms with E-state index in [-0.39, 0.29) is 12.6 Å². The third-order valence-electron chi connectivity index (χ3n) is 5.55. The highest BCUT2D eigenvalue weighted by molar-refractivity contribution is 7.32. The number of benzene rings is 2. The van der Waals surface area contributed by atoms with Crippen molar-refractivity contribution in [2.24, 2.45) is 5.10 Å². The summed E-state index contributed by atoms with van der Waals surface area (Å²) in [5.41, 5.74) is 4.04. The number of aromatic nitrogens is 2. The molecule has 1 aromatic heterocycles. The maximum Gasteiger partial charge on any atom is 0.694 e. The van der Waals surface area contributed by atoms with E-state index in [2.05, 4.69) is 56.2 Å². The van der Waals surface area contributed by atoms with E-state index in [1.807, 2.05) is 30.3 Å². The molecule has 2 unspecified atom stereocenters. The summed E-state index contributed by atoms with van der Waals surface area (Å²) in [5.74, 6) is 1.00. The van der Waals surface area contributed by atoms with Crippen LogP contribution < -0.4 is 5.32 Å². The van der Waals surface area contributed by atoms with Crippen LogP contribution in [0.15, 0.2) is 64.2 Å². The Kier molecular flexibility index (Phi) is 8.49. The van der Waals surface area contributed by atoms with Gasteiger partial charge in [-0.3, -0.25) is 5.01 Å². The molecule has 34 heavy (non-hydrogen) atoms. The second kappa shape index (κ2) is 11.9. The molecule has 10 heteroatoms. The Labute approximate surface area is 199 Å². The minimum atomic E-state index is -2.52. The van der Waals surface area contributed by atoms with Gasteiger partial charge in [0.2, 0.25) is 5.82 Å². The first-order valence-corrected chi connectivity index (χ1v) is 12.6. The number of hydrogen-bond donors (Lipinski definition) is 2. The number of hydrogen-bond acceptors (Lipinski definition) is 8. The van der Waals surface area contributed by atoms with E-state index in [1.54, 1.807) is 0 Å². The highest BCUT2D eigenvalue weighted by Crippen LogP contribution is 2.32. The summed E-state index contributed by atoms with van der Waals surface area (Å²) >= 11 is 0. The lowest BCUT2D eigenvalue weighted by atomic mass is 10.0. The fraction of sp³-hybridized carbons (Fsp3) is 0.375. The zero-order valence-corrected chi connectivity index (χ0v) is 20.0. The Morgan fingerprint density at radius 1 is 1.21 bits per heavy atom. The molecule has 3 aromatic rings. The van der Waals surface area contributed by atoms with Crippen LogP contribution in [0.4, 0.5) is 0 Å². The van der Waals surface area contributed by atoms with E-state index >= 15 is 0 Å². The van der Waals surface area contributed by atoms with Crippen LogP contribution in [0, 0.1) is 0 Å². The summed E-state index contributed by atoms with van der Waals surface area (Å²) in [7, 11) is -2.52. The fourth-order valence-electron chi connectivity index (χ4n) is 3.89. The van der Waals surface area contributed by atoms with Gasteiger partial charge in [-0.1, -0.05) is 66.7 Å². The van der Waals surface area contributed by atoms with Gasteiger partial charge in [0.15, 0.2) is 0 Å². The van der Waals surface area contributed by atoms with Crippen LogP contribution >= 0.6 is 8.25 Å². The standard InChI is InChI=1S/C24H28N5O4P/c1-2-14-29-22(19-7-4-3-5-8-19)16-21(27-29)24-26-23(28-33-24)20-11-9-18(10-12-20)17-25-13-6-15-32-34(30)31/h3-5,7-12,22,25H,2,6,13-17H2,1H3/p+1. The van der Waals surface area contributed by atoms with Crippen molar-refractivity contribution in [1.82, 2.24) is 20.5 Å². The summed E-state index contributed by atoms with van der Waals surface area (Å²) in [6.45, 7) is 4.66. The highest BCUT2D eigenvalue weighted by atomic mass is 31.1. The van der Waals surface area contributed by atoms with E-state index in [0.717, 1.165) is 36.2 Å². The van der Waals surface area contributed by atoms with Crippen LogP contribution in [-0.2, 0) is 15.6 Å². The number of nitrogens with zero attached hydrogens (tertiary/aromatic N) is 4. The SMILES string of the molecule is CCCN1N=C(c2nc(-c3ccc(CNCCCO[P+](=O)O)cc3)no2)CC1c1ccccc1. The third kappa shape index (κ3) is 6.33. The van der Waals surface area contributed by atoms with Gasteiger partial charge >= 0.3 is 8.25 Å². The first kappa shape index (κ1) is 24.2. The van der Waals surface area contributed by atoms with Gasteiger partial charge in [-0.25, -0.2) is 0 Å². The molecular formula is C24H29N5O4P+. The molecule has 1 aliphatic rings. The summed E-state index contributed by atoms with van der Waals surface area (Å²) in [5, 5.41) is 14.4. The maximum absolute atomic E-state index is 10.5. The quantitative estimate of drug-likeness (QED) is 0.288. The fourth-order valence-corrected chi connectivity index (χ4v) is 4.17. The molecule has 0 spiro atoms. The van der Waals surface area contributed by atoms with Crippen molar-refractivity contribution in [2.45, 2.75) is 38.8 Å². The average molecular weight is 483 g/mol. The summed E-state index contributed by atoms with van der Waals surface area (Å²) < 4.78 is 20.7. The van der Waals surface area contributed by atoms with Crippen molar-refractivity contribution < 1.29 is 18.5 Å². The van der Waals surface area contributed by atoms with Crippen molar-refractivity contribution in [3.05, 3.63) is 71.6 Å². The van der Waals surface area contributed by atoms with E-state index in [1.165, 1.54) is 5.56 Å². The molecular weight excluding hydrogens is 453 g/mol. The molecule has 2 aromatic carbocycles. The predicted octanol–water partition coefficient (Wildman–Crippen LogP) is 4.44. The first-order valence-electron chi connectivity index (χ1n) is 11.5. The molecule has 2 atom stereocenters. The van der Waals surface area contributed by atoms with Gasteiger partial charge in [0.05, 0.1) is 6.04 Å². The van der Waals surface area contributed by atoms with Crippen LogP contribution in [-0.4, -0.2) is 45.5 Å². The molecule has 0 saturated carbocycles. The van der Waals surface area contributed by atoms with Gasteiger partial charge in [0.1, 0.15) is 12.3 Å². The minimum Gasteiger partial charge on any atom is -0.332 e. The van der Waals surface area contributed by atoms with E-state index in [4.69, 9.17) is 14.5 Å². The van der Waals surface area contributed by atoms with Gasteiger partial charge < -0.3 is 9.84 Å². The highest BCUT2D eigenvalue weighted by Gasteiger charge is 2.31.